The number of hydrogen-bond acceptors (Lipinski definition) is 6. The fourth-order valence-corrected chi connectivity index (χ4v) is 3.07. The number of carbonyl (C=O) groups excluding carboxylic acids is 3. The molecule has 1 fully saturated rings. The molecule has 154 valence electrons. The third-order valence-electron chi connectivity index (χ3n) is 4.70. The molecule has 2 heterocycles. The van der Waals surface area contributed by atoms with Crippen LogP contribution in [-0.4, -0.2) is 39.8 Å². The quantitative estimate of drug-likeness (QED) is 0.509. The summed E-state index contributed by atoms with van der Waals surface area (Å²) in [5.74, 6) is -0.254. The van der Waals surface area contributed by atoms with Crippen molar-refractivity contribution in [3.63, 3.8) is 0 Å². The van der Waals surface area contributed by atoms with E-state index in [1.54, 1.807) is 31.4 Å². The summed E-state index contributed by atoms with van der Waals surface area (Å²) >= 11 is 0. The minimum Gasteiger partial charge on any atom is -0.497 e. The first-order valence-corrected chi connectivity index (χ1v) is 9.44. The normalized spacial score (nSPS) is 15.2. The molecule has 0 aliphatic carbocycles. The van der Waals surface area contributed by atoms with Crippen LogP contribution in [0.3, 0.4) is 0 Å². The predicted molar refractivity (Wildman–Crippen MR) is 113 cm³/mol. The number of benzene rings is 2. The average molecular weight is 414 g/mol. The van der Waals surface area contributed by atoms with Crippen molar-refractivity contribution in [2.24, 2.45) is 0 Å². The molecule has 4 amide bonds. The summed E-state index contributed by atoms with van der Waals surface area (Å²) in [5, 5.41) is 2.20. The number of ether oxygens (including phenoxy) is 1. The lowest BCUT2D eigenvalue weighted by Gasteiger charge is -2.26. The molecule has 0 bridgehead atoms. The first-order chi connectivity index (χ1) is 15.0. The van der Waals surface area contributed by atoms with Gasteiger partial charge < -0.3 is 4.74 Å². The van der Waals surface area contributed by atoms with Gasteiger partial charge in [-0.1, -0.05) is 42.5 Å². The van der Waals surface area contributed by atoms with Crippen LogP contribution >= 0.6 is 0 Å². The topological polar surface area (TPSA) is 101 Å². The summed E-state index contributed by atoms with van der Waals surface area (Å²) in [5.41, 5.74) is 1.87. The van der Waals surface area contributed by atoms with E-state index in [1.807, 2.05) is 30.3 Å². The zero-order valence-electron chi connectivity index (χ0n) is 16.6. The molecule has 0 spiro atoms. The maximum Gasteiger partial charge on any atom is 0.331 e. The van der Waals surface area contributed by atoms with E-state index >= 15 is 0 Å². The van der Waals surface area contributed by atoms with E-state index in [0.29, 0.717) is 22.7 Å². The van der Waals surface area contributed by atoms with Gasteiger partial charge in [-0.25, -0.2) is 14.8 Å². The molecular weight excluding hydrogens is 396 g/mol. The number of amides is 4. The molecule has 8 heteroatoms. The monoisotopic (exact) mass is 414 g/mol. The van der Waals surface area contributed by atoms with Crippen molar-refractivity contribution in [2.45, 2.75) is 6.54 Å². The average Bonchev–Trinajstić information content (AvgIpc) is 2.81. The first-order valence-electron chi connectivity index (χ1n) is 9.44. The van der Waals surface area contributed by atoms with Gasteiger partial charge in [-0.2, -0.15) is 0 Å². The number of barbiturate groups is 1. The summed E-state index contributed by atoms with van der Waals surface area (Å²) in [6.07, 6.45) is 4.42. The van der Waals surface area contributed by atoms with Crippen molar-refractivity contribution in [1.29, 1.82) is 0 Å². The van der Waals surface area contributed by atoms with Gasteiger partial charge in [-0.05, 0) is 23.8 Å². The number of urea groups is 1. The number of rotatable bonds is 5. The third-order valence-corrected chi connectivity index (χ3v) is 4.70. The number of carbonyl (C=O) groups is 3. The van der Waals surface area contributed by atoms with Gasteiger partial charge in [0.05, 0.1) is 13.7 Å². The number of nitrogens with zero attached hydrogens (tertiary/aromatic N) is 3. The van der Waals surface area contributed by atoms with Crippen LogP contribution in [0.15, 0.2) is 72.6 Å². The van der Waals surface area contributed by atoms with Crippen molar-refractivity contribution in [3.05, 3.63) is 83.7 Å². The summed E-state index contributed by atoms with van der Waals surface area (Å²) in [6.45, 7) is 0.0166. The highest BCUT2D eigenvalue weighted by molar-refractivity contribution is 6.30. The molecular formula is C23H18N4O4. The maximum atomic E-state index is 12.9. The van der Waals surface area contributed by atoms with E-state index in [4.69, 9.17) is 4.74 Å². The van der Waals surface area contributed by atoms with Crippen LogP contribution in [0.4, 0.5) is 4.79 Å². The molecule has 31 heavy (non-hydrogen) atoms. The molecule has 3 aromatic rings. The summed E-state index contributed by atoms with van der Waals surface area (Å²) in [4.78, 5) is 47.0. The Morgan fingerprint density at radius 1 is 0.968 bits per heavy atom. The van der Waals surface area contributed by atoms with Crippen LogP contribution < -0.4 is 10.1 Å². The Morgan fingerprint density at radius 2 is 1.65 bits per heavy atom. The van der Waals surface area contributed by atoms with Gasteiger partial charge in [0.1, 0.15) is 11.3 Å². The number of imide groups is 2. The van der Waals surface area contributed by atoms with Gasteiger partial charge >= 0.3 is 6.03 Å². The van der Waals surface area contributed by atoms with E-state index < -0.39 is 17.8 Å². The van der Waals surface area contributed by atoms with Crippen molar-refractivity contribution in [2.75, 3.05) is 7.11 Å². The molecule has 0 unspecified atom stereocenters. The molecule has 1 aromatic heterocycles. The number of nitrogens with one attached hydrogen (secondary N) is 1. The summed E-state index contributed by atoms with van der Waals surface area (Å²) in [6, 6.07) is 15.6. The molecule has 1 saturated heterocycles. The zero-order valence-corrected chi connectivity index (χ0v) is 16.6. The van der Waals surface area contributed by atoms with Crippen LogP contribution in [-0.2, 0) is 16.1 Å². The minimum atomic E-state index is -0.765. The number of hydrogen-bond donors (Lipinski definition) is 1. The Balaban J connectivity index is 1.56. The molecule has 1 aliphatic rings. The van der Waals surface area contributed by atoms with Crippen LogP contribution in [0.5, 0.6) is 5.75 Å². The summed E-state index contributed by atoms with van der Waals surface area (Å²) < 4.78 is 5.11. The van der Waals surface area contributed by atoms with Crippen molar-refractivity contribution >= 4 is 23.9 Å². The van der Waals surface area contributed by atoms with Crippen molar-refractivity contribution < 1.29 is 19.1 Å². The van der Waals surface area contributed by atoms with Gasteiger partial charge in [-0.3, -0.25) is 19.8 Å². The molecule has 0 radical (unpaired) electrons. The Labute approximate surface area is 178 Å². The summed E-state index contributed by atoms with van der Waals surface area (Å²) in [7, 11) is 1.55. The first kappa shape index (κ1) is 20.0. The molecule has 4 rings (SSSR count). The molecule has 8 nitrogen and oxygen atoms in total. The smallest absolute Gasteiger partial charge is 0.331 e. The molecule has 1 aliphatic heterocycles. The van der Waals surface area contributed by atoms with Crippen LogP contribution in [0.25, 0.3) is 17.5 Å². The van der Waals surface area contributed by atoms with E-state index in [0.717, 1.165) is 10.5 Å². The fraction of sp³-hybridized carbons (Fsp3) is 0.0870. The standard InChI is InChI=1S/C23H18N4O4/c1-31-18-9-7-15(8-10-18)14-27-22(29)19(21(28)26-23(27)30)11-16-12-24-20(25-13-16)17-5-3-2-4-6-17/h2-13H,14H2,1H3,(H,26,28,30)/b19-11+. The van der Waals surface area contributed by atoms with Crippen LogP contribution in [0, 0.1) is 0 Å². The van der Waals surface area contributed by atoms with E-state index in [-0.39, 0.29) is 12.1 Å². The molecule has 0 saturated carbocycles. The largest absolute Gasteiger partial charge is 0.497 e. The lowest BCUT2D eigenvalue weighted by Crippen LogP contribution is -2.53. The highest BCUT2D eigenvalue weighted by Crippen LogP contribution is 2.19. The van der Waals surface area contributed by atoms with Crippen molar-refractivity contribution in [3.8, 4) is 17.1 Å². The number of aromatic nitrogens is 2. The van der Waals surface area contributed by atoms with E-state index in [2.05, 4.69) is 15.3 Å². The molecule has 1 N–H and O–H groups in total. The second-order valence-corrected chi connectivity index (χ2v) is 6.76. The fourth-order valence-electron chi connectivity index (χ4n) is 3.07. The Bertz CT molecular complexity index is 1160. The van der Waals surface area contributed by atoms with E-state index in [9.17, 15) is 14.4 Å². The Kier molecular flexibility index (Phi) is 5.53. The van der Waals surface area contributed by atoms with Gasteiger partial charge in [0.2, 0.25) is 0 Å². The van der Waals surface area contributed by atoms with Gasteiger partial charge in [0.15, 0.2) is 5.82 Å². The molecule has 0 atom stereocenters. The highest BCUT2D eigenvalue weighted by Gasteiger charge is 2.35. The minimum absolute atomic E-state index is 0.0166. The third kappa shape index (κ3) is 4.32. The lowest BCUT2D eigenvalue weighted by atomic mass is 10.1. The zero-order chi connectivity index (χ0) is 21.8. The van der Waals surface area contributed by atoms with Crippen LogP contribution in [0.1, 0.15) is 11.1 Å². The van der Waals surface area contributed by atoms with Crippen molar-refractivity contribution in [1.82, 2.24) is 20.2 Å². The predicted octanol–water partition coefficient (Wildman–Crippen LogP) is 2.81. The number of methoxy groups -OCH3 is 1. The van der Waals surface area contributed by atoms with Gasteiger partial charge in [0, 0.05) is 23.5 Å². The second-order valence-electron chi connectivity index (χ2n) is 6.76. The lowest BCUT2D eigenvalue weighted by molar-refractivity contribution is -0.130. The second kappa shape index (κ2) is 8.58. The highest BCUT2D eigenvalue weighted by atomic mass is 16.5. The van der Waals surface area contributed by atoms with Gasteiger partial charge in [-0.15, -0.1) is 0 Å². The molecule has 2 aromatic carbocycles. The maximum absolute atomic E-state index is 12.9. The van der Waals surface area contributed by atoms with E-state index in [1.165, 1.54) is 18.5 Å². The Morgan fingerprint density at radius 3 is 2.29 bits per heavy atom. The Hall–Kier alpha value is -4.33. The van der Waals surface area contributed by atoms with Crippen LogP contribution in [0.2, 0.25) is 0 Å². The van der Waals surface area contributed by atoms with Gasteiger partial charge in [0.25, 0.3) is 11.8 Å². The SMILES string of the molecule is COc1ccc(CN2C(=O)NC(=O)/C(=C\c3cnc(-c4ccccc4)nc3)C2=O)cc1.